The van der Waals surface area contributed by atoms with Crippen molar-refractivity contribution in [3.63, 3.8) is 0 Å². The zero-order valence-electron chi connectivity index (χ0n) is 15.3. The van der Waals surface area contributed by atoms with Crippen LogP contribution >= 0.6 is 0 Å². The number of nitrogens with zero attached hydrogens (tertiary/aromatic N) is 1. The highest BCUT2D eigenvalue weighted by molar-refractivity contribution is 5.81. The van der Waals surface area contributed by atoms with Crippen LogP contribution in [0.5, 0.6) is 0 Å². The molecule has 3 heteroatoms. The molecule has 1 amide bonds. The van der Waals surface area contributed by atoms with E-state index in [1.54, 1.807) is 0 Å². The minimum absolute atomic E-state index is 0.204. The Labute approximate surface area is 137 Å². The first-order chi connectivity index (χ1) is 10.3. The van der Waals surface area contributed by atoms with Crippen LogP contribution in [0.2, 0.25) is 0 Å². The molecule has 0 bridgehead atoms. The molecule has 0 radical (unpaired) electrons. The summed E-state index contributed by atoms with van der Waals surface area (Å²) in [5, 5.41) is 3.33. The second-order valence-corrected chi connectivity index (χ2v) is 8.74. The summed E-state index contributed by atoms with van der Waals surface area (Å²) in [5.41, 5.74) is -0.287. The minimum atomic E-state index is -0.287. The molecular formula is C19H36N2O. The molecule has 0 aromatic rings. The first-order valence-corrected chi connectivity index (χ1v) is 9.36. The summed E-state index contributed by atoms with van der Waals surface area (Å²) in [6.45, 7) is 13.0. The lowest BCUT2D eigenvalue weighted by Crippen LogP contribution is -2.58. The summed E-state index contributed by atoms with van der Waals surface area (Å²) >= 11 is 0. The van der Waals surface area contributed by atoms with Crippen LogP contribution in [0.3, 0.4) is 0 Å². The van der Waals surface area contributed by atoms with Crippen molar-refractivity contribution in [3.05, 3.63) is 0 Å². The molecule has 2 rings (SSSR count). The molecule has 0 aromatic carbocycles. The Morgan fingerprint density at radius 3 is 2.45 bits per heavy atom. The van der Waals surface area contributed by atoms with Crippen LogP contribution in [0, 0.1) is 17.3 Å². The Morgan fingerprint density at radius 2 is 1.95 bits per heavy atom. The molecule has 1 aliphatic carbocycles. The van der Waals surface area contributed by atoms with Gasteiger partial charge < -0.3 is 5.32 Å². The van der Waals surface area contributed by atoms with Gasteiger partial charge in [-0.2, -0.15) is 0 Å². The van der Waals surface area contributed by atoms with E-state index in [4.69, 9.17) is 0 Å². The maximum atomic E-state index is 12.3. The standard InChI is InChI=1S/C19H36N2O/c1-6-7-8-15-11-16(20-18(22)19(3,4)5)13-21(12-15)17-10-9-14(17)2/h14-17H,6-13H2,1-5H3,(H,20,22). The van der Waals surface area contributed by atoms with Crippen molar-refractivity contribution < 1.29 is 4.79 Å². The van der Waals surface area contributed by atoms with E-state index in [0.717, 1.165) is 24.4 Å². The second kappa shape index (κ2) is 7.33. The molecule has 4 atom stereocenters. The van der Waals surface area contributed by atoms with Crippen molar-refractivity contribution in [3.8, 4) is 0 Å². The Morgan fingerprint density at radius 1 is 1.23 bits per heavy atom. The van der Waals surface area contributed by atoms with E-state index in [1.165, 1.54) is 45.1 Å². The highest BCUT2D eigenvalue weighted by atomic mass is 16.2. The summed E-state index contributed by atoms with van der Waals surface area (Å²) in [7, 11) is 0. The fraction of sp³-hybridized carbons (Fsp3) is 0.947. The topological polar surface area (TPSA) is 32.3 Å². The van der Waals surface area contributed by atoms with Gasteiger partial charge in [0, 0.05) is 30.6 Å². The average molecular weight is 309 g/mol. The van der Waals surface area contributed by atoms with Crippen molar-refractivity contribution in [2.75, 3.05) is 13.1 Å². The van der Waals surface area contributed by atoms with Crippen LogP contribution in [-0.4, -0.2) is 36.0 Å². The van der Waals surface area contributed by atoms with E-state index in [1.807, 2.05) is 20.8 Å². The van der Waals surface area contributed by atoms with Gasteiger partial charge in [-0.3, -0.25) is 9.69 Å². The Hall–Kier alpha value is -0.570. The van der Waals surface area contributed by atoms with Crippen LogP contribution in [0.4, 0.5) is 0 Å². The molecule has 4 unspecified atom stereocenters. The quantitative estimate of drug-likeness (QED) is 0.837. The molecule has 0 spiro atoms. The number of likely N-dealkylation sites (tertiary alicyclic amines) is 1. The van der Waals surface area contributed by atoms with Crippen LogP contribution < -0.4 is 5.32 Å². The number of hydrogen-bond acceptors (Lipinski definition) is 2. The van der Waals surface area contributed by atoms with E-state index in [9.17, 15) is 4.79 Å². The van der Waals surface area contributed by atoms with Crippen molar-refractivity contribution >= 4 is 5.91 Å². The van der Waals surface area contributed by atoms with Crippen LogP contribution in [0.1, 0.15) is 73.1 Å². The van der Waals surface area contributed by atoms with Gasteiger partial charge in [0.1, 0.15) is 0 Å². The summed E-state index contributed by atoms with van der Waals surface area (Å²) in [5.74, 6) is 1.80. The molecule has 1 aliphatic heterocycles. The zero-order chi connectivity index (χ0) is 16.3. The molecule has 1 heterocycles. The Bertz CT molecular complexity index is 374. The van der Waals surface area contributed by atoms with Gasteiger partial charge in [0.15, 0.2) is 0 Å². The van der Waals surface area contributed by atoms with E-state index in [0.29, 0.717) is 6.04 Å². The molecule has 3 nitrogen and oxygen atoms in total. The summed E-state index contributed by atoms with van der Waals surface area (Å²) in [6, 6.07) is 1.11. The van der Waals surface area contributed by atoms with Crippen molar-refractivity contribution in [2.24, 2.45) is 17.3 Å². The van der Waals surface area contributed by atoms with Gasteiger partial charge in [-0.1, -0.05) is 47.5 Å². The second-order valence-electron chi connectivity index (χ2n) is 8.74. The number of hydrogen-bond donors (Lipinski definition) is 1. The minimum Gasteiger partial charge on any atom is -0.352 e. The third-order valence-electron chi connectivity index (χ3n) is 5.59. The van der Waals surface area contributed by atoms with Gasteiger partial charge in [0.05, 0.1) is 0 Å². The predicted molar refractivity (Wildman–Crippen MR) is 92.8 cm³/mol. The van der Waals surface area contributed by atoms with Crippen LogP contribution in [0.15, 0.2) is 0 Å². The Balaban J connectivity index is 1.97. The molecule has 22 heavy (non-hydrogen) atoms. The summed E-state index contributed by atoms with van der Waals surface area (Å²) in [6.07, 6.45) is 7.80. The third kappa shape index (κ3) is 4.47. The van der Waals surface area contributed by atoms with Gasteiger partial charge in [0.2, 0.25) is 5.91 Å². The lowest BCUT2D eigenvalue weighted by atomic mass is 9.77. The molecule has 0 aromatic heterocycles. The first kappa shape index (κ1) is 17.8. The summed E-state index contributed by atoms with van der Waals surface area (Å²) in [4.78, 5) is 15.0. The highest BCUT2D eigenvalue weighted by Gasteiger charge is 2.38. The van der Waals surface area contributed by atoms with Gasteiger partial charge in [0.25, 0.3) is 0 Å². The van der Waals surface area contributed by atoms with Crippen LogP contribution in [-0.2, 0) is 4.79 Å². The van der Waals surface area contributed by atoms with Crippen molar-refractivity contribution in [2.45, 2.75) is 85.2 Å². The van der Waals surface area contributed by atoms with Crippen molar-refractivity contribution in [1.82, 2.24) is 10.2 Å². The highest BCUT2D eigenvalue weighted by Crippen LogP contribution is 2.35. The number of amides is 1. The lowest BCUT2D eigenvalue weighted by molar-refractivity contribution is -0.130. The molecule has 128 valence electrons. The fourth-order valence-corrected chi connectivity index (χ4v) is 3.91. The lowest BCUT2D eigenvalue weighted by Gasteiger charge is -2.48. The van der Waals surface area contributed by atoms with E-state index in [-0.39, 0.29) is 11.3 Å². The van der Waals surface area contributed by atoms with Gasteiger partial charge >= 0.3 is 0 Å². The molecule has 1 saturated heterocycles. The number of carbonyl (C=O) groups excluding carboxylic acids is 1. The first-order valence-electron chi connectivity index (χ1n) is 9.36. The van der Waals surface area contributed by atoms with Crippen molar-refractivity contribution in [1.29, 1.82) is 0 Å². The zero-order valence-corrected chi connectivity index (χ0v) is 15.3. The SMILES string of the molecule is CCCCC1CC(NC(=O)C(C)(C)C)CN(C2CCC2C)C1. The number of nitrogens with one attached hydrogen (secondary N) is 1. The maximum Gasteiger partial charge on any atom is 0.225 e. The third-order valence-corrected chi connectivity index (χ3v) is 5.59. The largest absolute Gasteiger partial charge is 0.352 e. The smallest absolute Gasteiger partial charge is 0.225 e. The molecular weight excluding hydrogens is 272 g/mol. The average Bonchev–Trinajstić information content (AvgIpc) is 2.42. The molecule has 2 aliphatic rings. The predicted octanol–water partition coefficient (Wildman–Crippen LogP) is 3.83. The van der Waals surface area contributed by atoms with E-state index < -0.39 is 0 Å². The number of carbonyl (C=O) groups is 1. The number of piperidine rings is 1. The van der Waals surface area contributed by atoms with E-state index >= 15 is 0 Å². The molecule has 1 saturated carbocycles. The molecule has 2 fully saturated rings. The maximum absolute atomic E-state index is 12.3. The normalized spacial score (nSPS) is 33.3. The molecule has 1 N–H and O–H groups in total. The summed E-state index contributed by atoms with van der Waals surface area (Å²) < 4.78 is 0. The Kier molecular flexibility index (Phi) is 5.93. The van der Waals surface area contributed by atoms with Crippen LogP contribution in [0.25, 0.3) is 0 Å². The van der Waals surface area contributed by atoms with E-state index in [2.05, 4.69) is 24.1 Å². The fourth-order valence-electron chi connectivity index (χ4n) is 3.91. The monoisotopic (exact) mass is 308 g/mol. The number of rotatable bonds is 5. The number of unbranched alkanes of at least 4 members (excludes halogenated alkanes) is 1. The van der Waals surface area contributed by atoms with Gasteiger partial charge in [-0.15, -0.1) is 0 Å². The van der Waals surface area contributed by atoms with Gasteiger partial charge in [-0.05, 0) is 37.5 Å². The van der Waals surface area contributed by atoms with Gasteiger partial charge in [-0.25, -0.2) is 0 Å².